The molecule has 2 atom stereocenters. The first-order valence-electron chi connectivity index (χ1n) is 7.08. The molecule has 1 aliphatic heterocycles. The van der Waals surface area contributed by atoms with Gasteiger partial charge in [-0.15, -0.1) is 0 Å². The fourth-order valence-corrected chi connectivity index (χ4v) is 5.54. The molecule has 0 bridgehead atoms. The first-order chi connectivity index (χ1) is 9.62. The normalized spacial score (nSPS) is 30.1. The molecule has 0 radical (unpaired) electrons. The third-order valence-corrected chi connectivity index (χ3v) is 7.04. The van der Waals surface area contributed by atoms with Crippen LogP contribution in [0.5, 0.6) is 0 Å². The van der Waals surface area contributed by atoms with Gasteiger partial charge in [-0.25, -0.2) is 0 Å². The quantitative estimate of drug-likeness (QED) is 0.788. The standard InChI is InChI=1S/C17H20O2Si/c1-17(15-9-5-3-6-10-15)13-14-18-20(2,19-17)16-11-7-4-8-12-16/h3-12H,13-14H2,1-2H3. The van der Waals surface area contributed by atoms with Crippen LogP contribution in [0, 0.1) is 0 Å². The summed E-state index contributed by atoms with van der Waals surface area (Å²) in [5.41, 5.74) is 0.981. The molecule has 2 unspecified atom stereocenters. The lowest BCUT2D eigenvalue weighted by Crippen LogP contribution is -2.59. The molecule has 0 amide bonds. The van der Waals surface area contributed by atoms with Gasteiger partial charge >= 0.3 is 8.56 Å². The highest BCUT2D eigenvalue weighted by molar-refractivity contribution is 6.80. The molecule has 0 N–H and O–H groups in total. The average molecular weight is 284 g/mol. The molecular formula is C17H20O2Si. The van der Waals surface area contributed by atoms with Crippen molar-refractivity contribution in [1.82, 2.24) is 0 Å². The lowest BCUT2D eigenvalue weighted by Gasteiger charge is -2.44. The topological polar surface area (TPSA) is 18.5 Å². The summed E-state index contributed by atoms with van der Waals surface area (Å²) in [5, 5.41) is 1.20. The van der Waals surface area contributed by atoms with Gasteiger partial charge < -0.3 is 8.85 Å². The molecule has 1 heterocycles. The van der Waals surface area contributed by atoms with Gasteiger partial charge in [0.15, 0.2) is 0 Å². The van der Waals surface area contributed by atoms with Gasteiger partial charge in [-0.3, -0.25) is 0 Å². The van der Waals surface area contributed by atoms with E-state index in [1.54, 1.807) is 0 Å². The van der Waals surface area contributed by atoms with E-state index in [4.69, 9.17) is 8.85 Å². The molecule has 0 aliphatic carbocycles. The summed E-state index contributed by atoms with van der Waals surface area (Å²) >= 11 is 0. The Kier molecular flexibility index (Phi) is 3.50. The molecule has 2 nitrogen and oxygen atoms in total. The van der Waals surface area contributed by atoms with Crippen LogP contribution >= 0.6 is 0 Å². The Bertz CT molecular complexity index is 521. The van der Waals surface area contributed by atoms with Gasteiger partial charge in [0.2, 0.25) is 0 Å². The molecule has 2 aromatic rings. The van der Waals surface area contributed by atoms with E-state index in [9.17, 15) is 0 Å². The summed E-state index contributed by atoms with van der Waals surface area (Å²) < 4.78 is 12.6. The fraction of sp³-hybridized carbons (Fsp3) is 0.294. The Labute approximate surface area is 121 Å². The largest absolute Gasteiger partial charge is 0.391 e. The molecule has 0 aromatic heterocycles. The predicted molar refractivity (Wildman–Crippen MR) is 83.1 cm³/mol. The molecule has 1 aliphatic rings. The summed E-state index contributed by atoms with van der Waals surface area (Å²) in [6.45, 7) is 5.07. The lowest BCUT2D eigenvalue weighted by atomic mass is 9.93. The smallest absolute Gasteiger partial charge is 0.370 e. The van der Waals surface area contributed by atoms with E-state index in [2.05, 4.69) is 62.0 Å². The van der Waals surface area contributed by atoms with Crippen LogP contribution in [0.3, 0.4) is 0 Å². The molecule has 0 saturated carbocycles. The van der Waals surface area contributed by atoms with Crippen LogP contribution in [-0.2, 0) is 14.5 Å². The summed E-state index contributed by atoms with van der Waals surface area (Å²) in [4.78, 5) is 0. The van der Waals surface area contributed by atoms with Crippen LogP contribution in [0.25, 0.3) is 0 Å². The zero-order valence-electron chi connectivity index (χ0n) is 12.0. The van der Waals surface area contributed by atoms with Crippen molar-refractivity contribution in [2.45, 2.75) is 25.5 Å². The fourth-order valence-electron chi connectivity index (χ4n) is 2.83. The van der Waals surface area contributed by atoms with E-state index in [1.807, 2.05) is 12.1 Å². The van der Waals surface area contributed by atoms with Gasteiger partial charge in [0.25, 0.3) is 0 Å². The average Bonchev–Trinajstić information content (AvgIpc) is 2.49. The lowest BCUT2D eigenvalue weighted by molar-refractivity contribution is -0.0202. The van der Waals surface area contributed by atoms with Crippen molar-refractivity contribution in [2.24, 2.45) is 0 Å². The van der Waals surface area contributed by atoms with E-state index in [1.165, 1.54) is 10.8 Å². The minimum absolute atomic E-state index is 0.254. The van der Waals surface area contributed by atoms with Crippen molar-refractivity contribution < 1.29 is 8.85 Å². The van der Waals surface area contributed by atoms with Crippen molar-refractivity contribution in [3.63, 3.8) is 0 Å². The van der Waals surface area contributed by atoms with E-state index in [-0.39, 0.29) is 5.60 Å². The number of benzene rings is 2. The number of hydrogen-bond donors (Lipinski definition) is 0. The summed E-state index contributed by atoms with van der Waals surface area (Å²) in [6.07, 6.45) is 0.895. The maximum atomic E-state index is 6.55. The van der Waals surface area contributed by atoms with Gasteiger partial charge in [0.05, 0.1) is 5.60 Å². The molecule has 104 valence electrons. The summed E-state index contributed by atoms with van der Waals surface area (Å²) in [5.74, 6) is 0. The molecule has 1 saturated heterocycles. The first kappa shape index (κ1) is 13.6. The van der Waals surface area contributed by atoms with Crippen LogP contribution in [-0.4, -0.2) is 15.2 Å². The maximum Gasteiger partial charge on any atom is 0.370 e. The van der Waals surface area contributed by atoms with Crippen molar-refractivity contribution in [3.8, 4) is 0 Å². The monoisotopic (exact) mass is 284 g/mol. The minimum Gasteiger partial charge on any atom is -0.391 e. The van der Waals surface area contributed by atoms with Crippen molar-refractivity contribution in [2.75, 3.05) is 6.61 Å². The van der Waals surface area contributed by atoms with Crippen LogP contribution in [0.1, 0.15) is 18.9 Å². The summed E-state index contributed by atoms with van der Waals surface area (Å²) in [7, 11) is -2.33. The van der Waals surface area contributed by atoms with Crippen molar-refractivity contribution >= 4 is 13.7 Å². The Hall–Kier alpha value is -1.42. The van der Waals surface area contributed by atoms with Crippen LogP contribution in [0.4, 0.5) is 0 Å². The first-order valence-corrected chi connectivity index (χ1v) is 9.39. The molecule has 2 aromatic carbocycles. The zero-order valence-corrected chi connectivity index (χ0v) is 13.0. The number of hydrogen-bond acceptors (Lipinski definition) is 2. The highest BCUT2D eigenvalue weighted by atomic mass is 28.4. The third kappa shape index (κ3) is 2.44. The van der Waals surface area contributed by atoms with Crippen LogP contribution in [0.15, 0.2) is 60.7 Å². The van der Waals surface area contributed by atoms with Gasteiger partial charge in [-0.2, -0.15) is 0 Å². The van der Waals surface area contributed by atoms with Crippen molar-refractivity contribution in [3.05, 3.63) is 66.2 Å². The highest BCUT2D eigenvalue weighted by Crippen LogP contribution is 2.36. The minimum atomic E-state index is -2.33. The molecule has 3 heteroatoms. The maximum absolute atomic E-state index is 6.55. The molecule has 1 fully saturated rings. The molecule has 20 heavy (non-hydrogen) atoms. The van der Waals surface area contributed by atoms with E-state index in [0.717, 1.165) is 13.0 Å². The third-order valence-electron chi connectivity index (χ3n) is 4.06. The van der Waals surface area contributed by atoms with E-state index < -0.39 is 8.56 Å². The SMILES string of the molecule is CC1(c2ccccc2)CCO[Si](C)(c2ccccc2)O1. The van der Waals surface area contributed by atoms with Gasteiger partial charge in [0, 0.05) is 13.0 Å². The van der Waals surface area contributed by atoms with Gasteiger partial charge in [-0.05, 0) is 24.2 Å². The number of rotatable bonds is 2. The van der Waals surface area contributed by atoms with Gasteiger partial charge in [0.1, 0.15) is 0 Å². The Morgan fingerprint density at radius 3 is 2.20 bits per heavy atom. The highest BCUT2D eigenvalue weighted by Gasteiger charge is 2.46. The second-order valence-electron chi connectivity index (χ2n) is 5.61. The second kappa shape index (κ2) is 5.17. The Morgan fingerprint density at radius 1 is 0.950 bits per heavy atom. The Balaban J connectivity index is 1.94. The van der Waals surface area contributed by atoms with Gasteiger partial charge in [-0.1, -0.05) is 60.7 Å². The second-order valence-corrected chi connectivity index (χ2v) is 8.57. The summed E-state index contributed by atoms with van der Waals surface area (Å²) in [6, 6.07) is 20.8. The van der Waals surface area contributed by atoms with E-state index in [0.29, 0.717) is 0 Å². The zero-order chi connectivity index (χ0) is 14.1. The molecule has 0 spiro atoms. The van der Waals surface area contributed by atoms with E-state index >= 15 is 0 Å². The van der Waals surface area contributed by atoms with Crippen molar-refractivity contribution in [1.29, 1.82) is 0 Å². The van der Waals surface area contributed by atoms with Crippen LogP contribution in [0.2, 0.25) is 6.55 Å². The van der Waals surface area contributed by atoms with Crippen LogP contribution < -0.4 is 5.19 Å². The molecular weight excluding hydrogens is 264 g/mol. The molecule has 3 rings (SSSR count). The Morgan fingerprint density at radius 2 is 1.55 bits per heavy atom. The predicted octanol–water partition coefficient (Wildman–Crippen LogP) is 3.32.